The molecule has 0 saturated carbocycles. The van der Waals surface area contributed by atoms with E-state index in [1.54, 1.807) is 0 Å². The van der Waals surface area contributed by atoms with Gasteiger partial charge < -0.3 is 10.4 Å². The summed E-state index contributed by atoms with van der Waals surface area (Å²) in [6.45, 7) is 12.3. The van der Waals surface area contributed by atoms with Crippen molar-refractivity contribution < 1.29 is 5.11 Å². The molecule has 2 fully saturated rings. The van der Waals surface area contributed by atoms with E-state index >= 15 is 0 Å². The van der Waals surface area contributed by atoms with Crippen molar-refractivity contribution in [3.05, 3.63) is 0 Å². The first kappa shape index (κ1) is 14.3. The van der Waals surface area contributed by atoms with Crippen LogP contribution in [0.5, 0.6) is 0 Å². The highest BCUT2D eigenvalue weighted by Gasteiger charge is 2.37. The molecule has 0 aromatic carbocycles. The summed E-state index contributed by atoms with van der Waals surface area (Å²) in [5.41, 5.74) is -0.163. The Morgan fingerprint density at radius 1 is 1.39 bits per heavy atom. The van der Waals surface area contributed by atoms with Crippen LogP contribution in [0.1, 0.15) is 33.6 Å². The van der Waals surface area contributed by atoms with E-state index in [1.807, 2.05) is 0 Å². The van der Waals surface area contributed by atoms with E-state index in [-0.39, 0.29) is 12.1 Å². The van der Waals surface area contributed by atoms with Crippen molar-refractivity contribution in [2.75, 3.05) is 39.3 Å². The van der Waals surface area contributed by atoms with E-state index < -0.39 is 0 Å². The van der Waals surface area contributed by atoms with Crippen LogP contribution in [0.4, 0.5) is 0 Å². The Hall–Kier alpha value is -0.160. The fourth-order valence-electron chi connectivity index (χ4n) is 3.50. The van der Waals surface area contributed by atoms with Crippen LogP contribution in [0.3, 0.4) is 0 Å². The Kier molecular flexibility index (Phi) is 4.64. The van der Waals surface area contributed by atoms with Crippen LogP contribution in [0.2, 0.25) is 0 Å². The van der Waals surface area contributed by atoms with Crippen molar-refractivity contribution in [1.29, 1.82) is 0 Å². The maximum atomic E-state index is 9.62. The summed E-state index contributed by atoms with van der Waals surface area (Å²) in [7, 11) is 0. The molecule has 3 atom stereocenters. The van der Waals surface area contributed by atoms with Gasteiger partial charge in [-0.15, -0.1) is 0 Å². The molecule has 2 N–H and O–H groups in total. The van der Waals surface area contributed by atoms with E-state index in [0.29, 0.717) is 6.04 Å². The molecule has 4 heteroatoms. The Labute approximate surface area is 111 Å². The van der Waals surface area contributed by atoms with Crippen molar-refractivity contribution in [3.63, 3.8) is 0 Å². The molecule has 2 aliphatic heterocycles. The molecule has 4 nitrogen and oxygen atoms in total. The topological polar surface area (TPSA) is 38.7 Å². The molecule has 2 aliphatic rings. The van der Waals surface area contributed by atoms with Crippen LogP contribution in [0, 0.1) is 0 Å². The molecule has 0 aromatic heterocycles. The van der Waals surface area contributed by atoms with Gasteiger partial charge in [0.05, 0.1) is 12.1 Å². The van der Waals surface area contributed by atoms with Crippen LogP contribution < -0.4 is 5.32 Å². The van der Waals surface area contributed by atoms with E-state index in [4.69, 9.17) is 0 Å². The minimum absolute atomic E-state index is 0.163. The maximum absolute atomic E-state index is 9.62. The lowest BCUT2D eigenvalue weighted by Gasteiger charge is -2.45. The lowest BCUT2D eigenvalue weighted by atomic mass is 9.99. The largest absolute Gasteiger partial charge is 0.394 e. The van der Waals surface area contributed by atoms with Gasteiger partial charge in [-0.05, 0) is 39.8 Å². The number of hydrogen-bond acceptors (Lipinski definition) is 4. The van der Waals surface area contributed by atoms with Crippen molar-refractivity contribution in [3.8, 4) is 0 Å². The molecule has 0 spiro atoms. The number of aliphatic hydroxyl groups is 1. The Bertz CT molecular complexity index is 274. The second-order valence-corrected chi connectivity index (χ2v) is 6.32. The van der Waals surface area contributed by atoms with Gasteiger partial charge in [0.2, 0.25) is 0 Å². The molecule has 0 aromatic rings. The van der Waals surface area contributed by atoms with E-state index in [1.165, 1.54) is 32.5 Å². The zero-order valence-corrected chi connectivity index (χ0v) is 12.2. The summed E-state index contributed by atoms with van der Waals surface area (Å²) in [5.74, 6) is 0. The van der Waals surface area contributed by atoms with Gasteiger partial charge in [0, 0.05) is 31.7 Å². The summed E-state index contributed by atoms with van der Waals surface area (Å²) in [6.07, 6.45) is 2.70. The number of aliphatic hydroxyl groups excluding tert-OH is 1. The molecule has 3 unspecified atom stereocenters. The number of piperazine rings is 1. The van der Waals surface area contributed by atoms with Crippen molar-refractivity contribution in [1.82, 2.24) is 15.1 Å². The van der Waals surface area contributed by atoms with Gasteiger partial charge in [-0.3, -0.25) is 9.80 Å². The van der Waals surface area contributed by atoms with Crippen LogP contribution in [0.15, 0.2) is 0 Å². The molecular formula is C14H29N3O. The zero-order valence-electron chi connectivity index (χ0n) is 12.2. The molecule has 0 radical (unpaired) electrons. The average molecular weight is 255 g/mol. The lowest BCUT2D eigenvalue weighted by Crippen LogP contribution is -2.61. The van der Waals surface area contributed by atoms with Crippen molar-refractivity contribution in [2.45, 2.75) is 51.2 Å². The second kappa shape index (κ2) is 5.87. The molecule has 2 saturated heterocycles. The van der Waals surface area contributed by atoms with Gasteiger partial charge in [-0.25, -0.2) is 0 Å². The fraction of sp³-hybridized carbons (Fsp3) is 1.00. The van der Waals surface area contributed by atoms with Gasteiger partial charge in [-0.1, -0.05) is 6.92 Å². The maximum Gasteiger partial charge on any atom is 0.0623 e. The number of nitrogens with zero attached hydrogens (tertiary/aromatic N) is 2. The summed E-state index contributed by atoms with van der Waals surface area (Å²) < 4.78 is 0. The van der Waals surface area contributed by atoms with E-state index in [2.05, 4.69) is 35.9 Å². The number of nitrogens with one attached hydrogen (secondary N) is 1. The van der Waals surface area contributed by atoms with Crippen molar-refractivity contribution >= 4 is 0 Å². The number of fused-ring (bicyclic) bond motifs is 1. The Morgan fingerprint density at radius 2 is 2.17 bits per heavy atom. The first-order chi connectivity index (χ1) is 8.58. The van der Waals surface area contributed by atoms with Crippen LogP contribution in [-0.4, -0.2) is 71.9 Å². The van der Waals surface area contributed by atoms with Gasteiger partial charge in [-0.2, -0.15) is 0 Å². The molecule has 2 heterocycles. The van der Waals surface area contributed by atoms with Gasteiger partial charge in [0.25, 0.3) is 0 Å². The van der Waals surface area contributed by atoms with Gasteiger partial charge in [0.15, 0.2) is 0 Å². The summed E-state index contributed by atoms with van der Waals surface area (Å²) in [4.78, 5) is 5.20. The zero-order chi connectivity index (χ0) is 13.2. The van der Waals surface area contributed by atoms with E-state index in [9.17, 15) is 5.11 Å². The van der Waals surface area contributed by atoms with Crippen LogP contribution >= 0.6 is 0 Å². The monoisotopic (exact) mass is 255 g/mol. The number of hydrogen-bond donors (Lipinski definition) is 2. The van der Waals surface area contributed by atoms with Gasteiger partial charge in [0.1, 0.15) is 0 Å². The predicted octanol–water partition coefficient (Wildman–Crippen LogP) is 0.515. The molecule has 18 heavy (non-hydrogen) atoms. The van der Waals surface area contributed by atoms with Crippen molar-refractivity contribution in [2.24, 2.45) is 0 Å². The standard InChI is InChI=1S/C14H29N3O/c1-4-15-14(3,11-18)10-17-9-13-6-5-7-16(13)8-12(17)2/h12-13,15,18H,4-11H2,1-3H3. The smallest absolute Gasteiger partial charge is 0.0623 e. The third kappa shape index (κ3) is 3.05. The average Bonchev–Trinajstić information content (AvgIpc) is 2.77. The van der Waals surface area contributed by atoms with Crippen LogP contribution in [0.25, 0.3) is 0 Å². The third-order valence-electron chi connectivity index (χ3n) is 4.57. The fourth-order valence-corrected chi connectivity index (χ4v) is 3.50. The molecule has 0 amide bonds. The molecule has 0 bridgehead atoms. The number of likely N-dealkylation sites (N-methyl/N-ethyl adjacent to an activating group) is 1. The summed E-state index contributed by atoms with van der Waals surface area (Å²) in [5, 5.41) is 13.1. The minimum atomic E-state index is -0.163. The summed E-state index contributed by atoms with van der Waals surface area (Å²) in [6, 6.07) is 1.36. The van der Waals surface area contributed by atoms with Crippen LogP contribution in [-0.2, 0) is 0 Å². The quantitative estimate of drug-likeness (QED) is 0.751. The predicted molar refractivity (Wildman–Crippen MR) is 74.8 cm³/mol. The Morgan fingerprint density at radius 3 is 2.83 bits per heavy atom. The first-order valence-electron chi connectivity index (χ1n) is 7.42. The highest BCUT2D eigenvalue weighted by atomic mass is 16.3. The minimum Gasteiger partial charge on any atom is -0.394 e. The molecule has 106 valence electrons. The number of rotatable bonds is 5. The lowest BCUT2D eigenvalue weighted by molar-refractivity contribution is 0.0274. The highest BCUT2D eigenvalue weighted by molar-refractivity contribution is 4.95. The molecular weight excluding hydrogens is 226 g/mol. The third-order valence-corrected chi connectivity index (χ3v) is 4.57. The normalized spacial score (nSPS) is 33.3. The first-order valence-corrected chi connectivity index (χ1v) is 7.42. The summed E-state index contributed by atoms with van der Waals surface area (Å²) >= 11 is 0. The van der Waals surface area contributed by atoms with Gasteiger partial charge >= 0.3 is 0 Å². The molecule has 2 rings (SSSR count). The van der Waals surface area contributed by atoms with E-state index in [0.717, 1.165) is 19.1 Å². The highest BCUT2D eigenvalue weighted by Crippen LogP contribution is 2.25. The Balaban J connectivity index is 1.95. The second-order valence-electron chi connectivity index (χ2n) is 6.32. The molecule has 0 aliphatic carbocycles. The SMILES string of the molecule is CCNC(C)(CO)CN1CC2CCCN2CC1C.